The van der Waals surface area contributed by atoms with E-state index in [-0.39, 0.29) is 0 Å². The van der Waals surface area contributed by atoms with Crippen molar-refractivity contribution in [1.82, 2.24) is 0 Å². The highest BCUT2D eigenvalue weighted by atomic mass is 19.1. The molecule has 15 heavy (non-hydrogen) atoms. The van der Waals surface area contributed by atoms with Gasteiger partial charge in [-0.25, -0.2) is 4.39 Å². The van der Waals surface area contributed by atoms with Gasteiger partial charge in [-0.2, -0.15) is 0 Å². The second-order valence-electron chi connectivity index (χ2n) is 4.98. The van der Waals surface area contributed by atoms with Crippen molar-refractivity contribution in [2.75, 3.05) is 0 Å². The molecule has 0 saturated heterocycles. The van der Waals surface area contributed by atoms with Gasteiger partial charge < -0.3 is 0 Å². The molecule has 0 amide bonds. The highest BCUT2D eigenvalue weighted by Gasteiger charge is 2.10. The first kappa shape index (κ1) is 14.7. The third-order valence-corrected chi connectivity index (χ3v) is 2.61. The molecule has 0 aromatic carbocycles. The molecule has 0 aliphatic carbocycles. The fraction of sp³-hybridized carbons (Fsp3) is 0.857. The van der Waals surface area contributed by atoms with E-state index in [0.717, 1.165) is 19.3 Å². The first-order valence-electron chi connectivity index (χ1n) is 6.37. The van der Waals surface area contributed by atoms with Crippen LogP contribution in [0.15, 0.2) is 12.2 Å². The lowest BCUT2D eigenvalue weighted by Crippen LogP contribution is -2.06. The van der Waals surface area contributed by atoms with Gasteiger partial charge in [-0.3, -0.25) is 0 Å². The summed E-state index contributed by atoms with van der Waals surface area (Å²) in [6, 6.07) is 0. The molecule has 0 nitrogen and oxygen atoms in total. The topological polar surface area (TPSA) is 0 Å². The fourth-order valence-corrected chi connectivity index (χ4v) is 1.81. The first-order chi connectivity index (χ1) is 7.06. The molecule has 0 aromatic rings. The van der Waals surface area contributed by atoms with Crippen LogP contribution in [0.1, 0.15) is 59.8 Å². The van der Waals surface area contributed by atoms with Crippen molar-refractivity contribution in [3.8, 4) is 0 Å². The summed E-state index contributed by atoms with van der Waals surface area (Å²) in [5.74, 6) is 1.13. The summed E-state index contributed by atoms with van der Waals surface area (Å²) in [4.78, 5) is 0. The smallest absolute Gasteiger partial charge is 0.101 e. The van der Waals surface area contributed by atoms with Crippen LogP contribution in [-0.4, -0.2) is 6.17 Å². The molecule has 0 aliphatic rings. The number of allylic oxidation sites excluding steroid dienone is 2. The lowest BCUT2D eigenvalue weighted by atomic mass is 9.97. The van der Waals surface area contributed by atoms with Crippen LogP contribution in [-0.2, 0) is 0 Å². The van der Waals surface area contributed by atoms with Crippen LogP contribution in [0.4, 0.5) is 4.39 Å². The lowest BCUT2D eigenvalue weighted by Gasteiger charge is -2.12. The summed E-state index contributed by atoms with van der Waals surface area (Å²) in [6.45, 7) is 8.61. The zero-order valence-corrected chi connectivity index (χ0v) is 10.8. The van der Waals surface area contributed by atoms with Gasteiger partial charge in [0.05, 0.1) is 0 Å². The molecule has 0 heterocycles. The van der Waals surface area contributed by atoms with Gasteiger partial charge in [-0.15, -0.1) is 0 Å². The van der Waals surface area contributed by atoms with Crippen LogP contribution in [0.2, 0.25) is 0 Å². The van der Waals surface area contributed by atoms with Gasteiger partial charge >= 0.3 is 0 Å². The Morgan fingerprint density at radius 1 is 1.13 bits per heavy atom. The van der Waals surface area contributed by atoms with Crippen molar-refractivity contribution < 1.29 is 4.39 Å². The Balaban J connectivity index is 3.52. The second kappa shape index (κ2) is 8.94. The van der Waals surface area contributed by atoms with Crippen molar-refractivity contribution in [1.29, 1.82) is 0 Å². The maximum absolute atomic E-state index is 13.5. The van der Waals surface area contributed by atoms with E-state index in [1.54, 1.807) is 0 Å². The molecule has 0 N–H and O–H groups in total. The standard InChI is InChI=1S/C14H27F/c1-5-8-13(4)11-14(15)10-7-6-9-12(2)3/h6,9,12-14H,5,7-8,10-11H2,1-4H3/b9-6+. The Morgan fingerprint density at radius 3 is 2.33 bits per heavy atom. The van der Waals surface area contributed by atoms with E-state index in [2.05, 4.69) is 39.8 Å². The SMILES string of the molecule is CCCC(C)CC(F)CC/C=C/C(C)C. The fourth-order valence-electron chi connectivity index (χ4n) is 1.81. The summed E-state index contributed by atoms with van der Waals surface area (Å²) in [5, 5.41) is 0. The van der Waals surface area contributed by atoms with Gasteiger partial charge in [-0.1, -0.05) is 52.7 Å². The van der Waals surface area contributed by atoms with Crippen LogP contribution in [0.25, 0.3) is 0 Å². The molecule has 0 spiro atoms. The van der Waals surface area contributed by atoms with E-state index in [1.165, 1.54) is 6.42 Å². The molecular weight excluding hydrogens is 187 g/mol. The summed E-state index contributed by atoms with van der Waals surface area (Å²) >= 11 is 0. The Morgan fingerprint density at radius 2 is 1.80 bits per heavy atom. The minimum atomic E-state index is -0.608. The first-order valence-corrected chi connectivity index (χ1v) is 6.37. The number of hydrogen-bond donors (Lipinski definition) is 0. The van der Waals surface area contributed by atoms with E-state index in [0.29, 0.717) is 18.3 Å². The van der Waals surface area contributed by atoms with Crippen molar-refractivity contribution in [3.05, 3.63) is 12.2 Å². The van der Waals surface area contributed by atoms with Crippen LogP contribution < -0.4 is 0 Å². The normalized spacial score (nSPS) is 16.1. The summed E-state index contributed by atoms with van der Waals surface area (Å²) in [6.07, 6.45) is 8.30. The second-order valence-corrected chi connectivity index (χ2v) is 4.98. The Labute approximate surface area is 95.0 Å². The van der Waals surface area contributed by atoms with Crippen molar-refractivity contribution in [3.63, 3.8) is 0 Å². The number of hydrogen-bond acceptors (Lipinski definition) is 0. The van der Waals surface area contributed by atoms with Gasteiger partial charge in [0.15, 0.2) is 0 Å². The molecule has 90 valence electrons. The van der Waals surface area contributed by atoms with E-state index in [9.17, 15) is 4.39 Å². The van der Waals surface area contributed by atoms with Crippen LogP contribution in [0, 0.1) is 11.8 Å². The maximum atomic E-state index is 13.5. The summed E-state index contributed by atoms with van der Waals surface area (Å²) in [5.41, 5.74) is 0. The quantitative estimate of drug-likeness (QED) is 0.491. The Kier molecular flexibility index (Phi) is 8.74. The van der Waals surface area contributed by atoms with Gasteiger partial charge in [0.2, 0.25) is 0 Å². The average Bonchev–Trinajstić information content (AvgIpc) is 2.12. The van der Waals surface area contributed by atoms with Crippen molar-refractivity contribution in [2.45, 2.75) is 66.0 Å². The summed E-state index contributed by atoms with van der Waals surface area (Å²) < 4.78 is 13.5. The van der Waals surface area contributed by atoms with Crippen LogP contribution in [0.5, 0.6) is 0 Å². The largest absolute Gasteiger partial charge is 0.247 e. The molecule has 0 radical (unpaired) electrons. The van der Waals surface area contributed by atoms with Crippen LogP contribution >= 0.6 is 0 Å². The molecule has 2 atom stereocenters. The molecule has 0 bridgehead atoms. The molecule has 2 unspecified atom stereocenters. The van der Waals surface area contributed by atoms with Crippen molar-refractivity contribution in [2.24, 2.45) is 11.8 Å². The molecule has 0 fully saturated rings. The lowest BCUT2D eigenvalue weighted by molar-refractivity contribution is 0.255. The number of alkyl halides is 1. The number of rotatable bonds is 8. The molecule has 0 rings (SSSR count). The monoisotopic (exact) mass is 214 g/mol. The molecule has 0 aliphatic heterocycles. The Bertz CT molecular complexity index is 161. The van der Waals surface area contributed by atoms with Gasteiger partial charge in [0, 0.05) is 0 Å². The zero-order chi connectivity index (χ0) is 11.7. The van der Waals surface area contributed by atoms with E-state index >= 15 is 0 Å². The molecule has 0 aromatic heterocycles. The zero-order valence-electron chi connectivity index (χ0n) is 10.8. The molecule has 0 saturated carbocycles. The molecule has 1 heteroatoms. The van der Waals surface area contributed by atoms with E-state index in [1.807, 2.05) is 0 Å². The minimum absolute atomic E-state index is 0.541. The summed E-state index contributed by atoms with van der Waals surface area (Å²) in [7, 11) is 0. The predicted molar refractivity (Wildman–Crippen MR) is 66.8 cm³/mol. The van der Waals surface area contributed by atoms with E-state index < -0.39 is 6.17 Å². The molecular formula is C14H27F. The van der Waals surface area contributed by atoms with Gasteiger partial charge in [0.1, 0.15) is 6.17 Å². The predicted octanol–water partition coefficient (Wildman–Crippen LogP) is 5.14. The third kappa shape index (κ3) is 9.96. The third-order valence-electron chi connectivity index (χ3n) is 2.61. The Hall–Kier alpha value is -0.330. The minimum Gasteiger partial charge on any atom is -0.247 e. The van der Waals surface area contributed by atoms with Crippen LogP contribution in [0.3, 0.4) is 0 Å². The average molecular weight is 214 g/mol. The highest BCUT2D eigenvalue weighted by Crippen LogP contribution is 2.18. The van der Waals surface area contributed by atoms with Crippen molar-refractivity contribution >= 4 is 0 Å². The van der Waals surface area contributed by atoms with E-state index in [4.69, 9.17) is 0 Å². The van der Waals surface area contributed by atoms with Gasteiger partial charge in [0.25, 0.3) is 0 Å². The number of halogens is 1. The van der Waals surface area contributed by atoms with Gasteiger partial charge in [-0.05, 0) is 31.1 Å². The maximum Gasteiger partial charge on any atom is 0.101 e. The highest BCUT2D eigenvalue weighted by molar-refractivity contribution is 4.85.